The fourth-order valence-corrected chi connectivity index (χ4v) is 1.99. The summed E-state index contributed by atoms with van der Waals surface area (Å²) in [6, 6.07) is 7.34. The maximum Gasteiger partial charge on any atom is 0.416 e. The van der Waals surface area contributed by atoms with Crippen LogP contribution >= 0.6 is 0 Å². The lowest BCUT2D eigenvalue weighted by Crippen LogP contribution is -2.11. The molecule has 0 fully saturated rings. The molecule has 21 heavy (non-hydrogen) atoms. The Balaban J connectivity index is 1.97. The second kappa shape index (κ2) is 6.39. The maximum absolute atomic E-state index is 12.6. The van der Waals surface area contributed by atoms with Crippen molar-refractivity contribution in [2.45, 2.75) is 25.6 Å². The van der Waals surface area contributed by atoms with Crippen LogP contribution in [-0.4, -0.2) is 14.8 Å². The van der Waals surface area contributed by atoms with Crippen LogP contribution in [0.5, 0.6) is 0 Å². The predicted molar refractivity (Wildman–Crippen MR) is 68.9 cm³/mol. The molecule has 0 aliphatic carbocycles. The summed E-state index contributed by atoms with van der Waals surface area (Å²) in [6.45, 7) is 0.384. The van der Waals surface area contributed by atoms with Gasteiger partial charge in [-0.3, -0.25) is 4.68 Å². The number of halogens is 3. The third-order valence-electron chi connectivity index (χ3n) is 3.09. The van der Waals surface area contributed by atoms with E-state index in [1.807, 2.05) is 0 Å². The van der Waals surface area contributed by atoms with Gasteiger partial charge >= 0.3 is 6.18 Å². The molecule has 7 heteroatoms. The average molecular weight is 294 g/mol. The van der Waals surface area contributed by atoms with Gasteiger partial charge in [0.1, 0.15) is 12.7 Å². The number of rotatable bonds is 5. The third kappa shape index (κ3) is 4.31. The molecule has 0 saturated heterocycles. The van der Waals surface area contributed by atoms with E-state index in [0.29, 0.717) is 24.9 Å². The Kier molecular flexibility index (Phi) is 4.58. The van der Waals surface area contributed by atoms with Crippen molar-refractivity contribution in [3.63, 3.8) is 0 Å². The van der Waals surface area contributed by atoms with Gasteiger partial charge in [-0.15, -0.1) is 0 Å². The standard InChI is InChI=1S/C14H13F3N4/c15-14(16,17)13-3-1-2-11(6-13)4-5-12(7-18)8-21-10-19-9-20-21/h1-3,6,9-10,12H,4-5,8H2. The molecular weight excluding hydrogens is 281 g/mol. The molecule has 0 amide bonds. The van der Waals surface area contributed by atoms with Crippen molar-refractivity contribution in [2.75, 3.05) is 0 Å². The molecule has 1 heterocycles. The minimum Gasteiger partial charge on any atom is -0.252 e. The molecule has 0 saturated carbocycles. The van der Waals surface area contributed by atoms with Crippen molar-refractivity contribution in [1.82, 2.24) is 14.8 Å². The van der Waals surface area contributed by atoms with Gasteiger partial charge in [0.2, 0.25) is 0 Å². The van der Waals surface area contributed by atoms with Crippen molar-refractivity contribution in [1.29, 1.82) is 5.26 Å². The topological polar surface area (TPSA) is 54.5 Å². The normalized spacial score (nSPS) is 12.9. The Labute approximate surface area is 119 Å². The summed E-state index contributed by atoms with van der Waals surface area (Å²) in [4.78, 5) is 3.78. The molecule has 1 atom stereocenters. The summed E-state index contributed by atoms with van der Waals surface area (Å²) >= 11 is 0. The van der Waals surface area contributed by atoms with Crippen molar-refractivity contribution < 1.29 is 13.2 Å². The number of aromatic nitrogens is 3. The first kappa shape index (κ1) is 15.0. The Morgan fingerprint density at radius 3 is 2.76 bits per heavy atom. The van der Waals surface area contributed by atoms with Gasteiger partial charge in [0.05, 0.1) is 24.1 Å². The van der Waals surface area contributed by atoms with Crippen LogP contribution in [0.3, 0.4) is 0 Å². The second-order valence-electron chi connectivity index (χ2n) is 4.68. The van der Waals surface area contributed by atoms with Crippen LogP contribution in [0.4, 0.5) is 13.2 Å². The first-order valence-corrected chi connectivity index (χ1v) is 6.37. The van der Waals surface area contributed by atoms with Gasteiger partial charge in [-0.2, -0.15) is 23.5 Å². The first-order chi connectivity index (χ1) is 9.99. The maximum atomic E-state index is 12.6. The SMILES string of the molecule is N#CC(CCc1cccc(C(F)(F)F)c1)Cn1cncn1. The number of aryl methyl sites for hydroxylation is 1. The lowest BCUT2D eigenvalue weighted by atomic mass is 9.99. The van der Waals surface area contributed by atoms with Crippen molar-refractivity contribution in [3.8, 4) is 6.07 Å². The molecule has 0 spiro atoms. The first-order valence-electron chi connectivity index (χ1n) is 6.37. The lowest BCUT2D eigenvalue weighted by Gasteiger charge is -2.11. The molecular formula is C14H13F3N4. The summed E-state index contributed by atoms with van der Waals surface area (Å²) in [6.07, 6.45) is -0.574. The molecule has 0 aliphatic heterocycles. The van der Waals surface area contributed by atoms with E-state index in [0.717, 1.165) is 12.1 Å². The molecule has 1 aromatic heterocycles. The molecule has 1 aromatic carbocycles. The molecule has 2 aromatic rings. The molecule has 2 rings (SSSR count). The van der Waals surface area contributed by atoms with E-state index in [1.165, 1.54) is 18.7 Å². The number of benzene rings is 1. The summed E-state index contributed by atoms with van der Waals surface area (Å²) in [7, 11) is 0. The Bertz CT molecular complexity index is 614. The minimum atomic E-state index is -4.34. The van der Waals surface area contributed by atoms with E-state index in [9.17, 15) is 13.2 Å². The zero-order chi connectivity index (χ0) is 15.3. The lowest BCUT2D eigenvalue weighted by molar-refractivity contribution is -0.137. The molecule has 4 nitrogen and oxygen atoms in total. The van der Waals surface area contributed by atoms with Crippen LogP contribution in [-0.2, 0) is 19.1 Å². The predicted octanol–water partition coefficient (Wildman–Crippen LogP) is 3.07. The minimum absolute atomic E-state index is 0.318. The van der Waals surface area contributed by atoms with Gasteiger partial charge in [-0.05, 0) is 24.5 Å². The van der Waals surface area contributed by atoms with Gasteiger partial charge < -0.3 is 0 Å². The fourth-order valence-electron chi connectivity index (χ4n) is 1.99. The highest BCUT2D eigenvalue weighted by molar-refractivity contribution is 5.25. The van der Waals surface area contributed by atoms with E-state index in [-0.39, 0.29) is 5.92 Å². The summed E-state index contributed by atoms with van der Waals surface area (Å²) in [5.41, 5.74) is -0.0894. The second-order valence-corrected chi connectivity index (χ2v) is 4.68. The van der Waals surface area contributed by atoms with Crippen LogP contribution in [0.2, 0.25) is 0 Å². The molecule has 0 N–H and O–H groups in total. The number of nitrogens with zero attached hydrogens (tertiary/aromatic N) is 4. The van der Waals surface area contributed by atoms with Crippen LogP contribution in [0.25, 0.3) is 0 Å². The third-order valence-corrected chi connectivity index (χ3v) is 3.09. The van der Waals surface area contributed by atoms with Gasteiger partial charge in [-0.1, -0.05) is 18.2 Å². The van der Waals surface area contributed by atoms with Crippen molar-refractivity contribution >= 4 is 0 Å². The Morgan fingerprint density at radius 2 is 2.14 bits per heavy atom. The number of hydrogen-bond donors (Lipinski definition) is 0. The zero-order valence-corrected chi connectivity index (χ0v) is 11.1. The van der Waals surface area contributed by atoms with Crippen LogP contribution < -0.4 is 0 Å². The van der Waals surface area contributed by atoms with E-state index < -0.39 is 11.7 Å². The Morgan fingerprint density at radius 1 is 1.33 bits per heavy atom. The van der Waals surface area contributed by atoms with E-state index in [4.69, 9.17) is 5.26 Å². The van der Waals surface area contributed by atoms with Gasteiger partial charge in [0.15, 0.2) is 0 Å². The van der Waals surface area contributed by atoms with E-state index >= 15 is 0 Å². The van der Waals surface area contributed by atoms with Gasteiger partial charge in [0, 0.05) is 0 Å². The average Bonchev–Trinajstić information content (AvgIpc) is 2.95. The van der Waals surface area contributed by atoms with Crippen LogP contribution in [0.1, 0.15) is 17.5 Å². The molecule has 0 aliphatic rings. The molecule has 110 valence electrons. The fraction of sp³-hybridized carbons (Fsp3) is 0.357. The largest absolute Gasteiger partial charge is 0.416 e. The highest BCUT2D eigenvalue weighted by atomic mass is 19.4. The summed E-state index contributed by atoms with van der Waals surface area (Å²) in [5, 5.41) is 13.0. The van der Waals surface area contributed by atoms with E-state index in [1.54, 1.807) is 10.7 Å². The van der Waals surface area contributed by atoms with Gasteiger partial charge in [0.25, 0.3) is 0 Å². The van der Waals surface area contributed by atoms with Gasteiger partial charge in [-0.25, -0.2) is 4.98 Å². The number of hydrogen-bond acceptors (Lipinski definition) is 3. The molecule has 1 unspecified atom stereocenters. The van der Waals surface area contributed by atoms with E-state index in [2.05, 4.69) is 16.2 Å². The summed E-state index contributed by atoms with van der Waals surface area (Å²) in [5.74, 6) is -0.318. The van der Waals surface area contributed by atoms with Crippen molar-refractivity contribution in [2.24, 2.45) is 5.92 Å². The van der Waals surface area contributed by atoms with Crippen molar-refractivity contribution in [3.05, 3.63) is 48.0 Å². The Hall–Kier alpha value is -2.36. The quantitative estimate of drug-likeness (QED) is 0.851. The monoisotopic (exact) mass is 294 g/mol. The smallest absolute Gasteiger partial charge is 0.252 e. The van der Waals surface area contributed by atoms with Crippen LogP contribution in [0.15, 0.2) is 36.9 Å². The zero-order valence-electron chi connectivity index (χ0n) is 11.1. The summed E-state index contributed by atoms with van der Waals surface area (Å²) < 4.78 is 39.4. The molecule has 0 radical (unpaired) electrons. The number of nitriles is 1. The highest BCUT2D eigenvalue weighted by Gasteiger charge is 2.30. The molecule has 0 bridgehead atoms. The highest BCUT2D eigenvalue weighted by Crippen LogP contribution is 2.29. The number of alkyl halides is 3. The van der Waals surface area contributed by atoms with Crippen LogP contribution in [0, 0.1) is 17.2 Å².